The van der Waals surface area contributed by atoms with E-state index in [1.807, 2.05) is 48.5 Å². The number of esters is 1. The van der Waals surface area contributed by atoms with Crippen LogP contribution in [0.1, 0.15) is 17.4 Å². The van der Waals surface area contributed by atoms with Crippen LogP contribution in [-0.4, -0.2) is 22.4 Å². The molecule has 2 aromatic carbocycles. The normalized spacial score (nSPS) is 10.6. The molecule has 0 aliphatic carbocycles. The van der Waals surface area contributed by atoms with E-state index < -0.39 is 5.97 Å². The predicted octanol–water partition coefficient (Wildman–Crippen LogP) is 5.13. The van der Waals surface area contributed by atoms with Crippen molar-refractivity contribution in [2.75, 3.05) is 6.61 Å². The molecule has 0 aliphatic heterocycles. The summed E-state index contributed by atoms with van der Waals surface area (Å²) in [6, 6.07) is 17.0. The molecule has 0 saturated heterocycles. The summed E-state index contributed by atoms with van der Waals surface area (Å²) in [6.07, 6.45) is 0. The molecule has 122 valence electrons. The SMILES string of the molecule is CCOC(=O)c1nn(-c2ccccc2)c(-c2cccc(Cl)c2)c1Br. The number of carbonyl (C=O) groups is 1. The van der Waals surface area contributed by atoms with Crippen LogP contribution in [0, 0.1) is 0 Å². The van der Waals surface area contributed by atoms with Crippen LogP contribution in [0.2, 0.25) is 5.02 Å². The quantitative estimate of drug-likeness (QED) is 0.565. The van der Waals surface area contributed by atoms with Crippen molar-refractivity contribution in [3.8, 4) is 16.9 Å². The van der Waals surface area contributed by atoms with Gasteiger partial charge in [0.25, 0.3) is 0 Å². The van der Waals surface area contributed by atoms with Crippen LogP contribution in [-0.2, 0) is 4.74 Å². The van der Waals surface area contributed by atoms with Crippen molar-refractivity contribution >= 4 is 33.5 Å². The molecule has 3 aromatic rings. The molecule has 0 N–H and O–H groups in total. The first-order valence-corrected chi connectivity index (χ1v) is 8.56. The highest BCUT2D eigenvalue weighted by molar-refractivity contribution is 9.10. The van der Waals surface area contributed by atoms with Gasteiger partial charge in [-0.3, -0.25) is 0 Å². The Hall–Kier alpha value is -2.11. The van der Waals surface area contributed by atoms with Gasteiger partial charge in [-0.2, -0.15) is 5.10 Å². The van der Waals surface area contributed by atoms with Crippen molar-refractivity contribution in [2.45, 2.75) is 6.92 Å². The zero-order valence-electron chi connectivity index (χ0n) is 12.9. The second-order valence-corrected chi connectivity index (χ2v) is 6.22. The Kier molecular flexibility index (Phi) is 5.02. The van der Waals surface area contributed by atoms with Gasteiger partial charge < -0.3 is 4.74 Å². The van der Waals surface area contributed by atoms with Gasteiger partial charge in [-0.05, 0) is 47.1 Å². The summed E-state index contributed by atoms with van der Waals surface area (Å²) in [4.78, 5) is 12.2. The summed E-state index contributed by atoms with van der Waals surface area (Å²) >= 11 is 9.63. The van der Waals surface area contributed by atoms with Gasteiger partial charge >= 0.3 is 5.97 Å². The van der Waals surface area contributed by atoms with E-state index in [1.165, 1.54) is 0 Å². The smallest absolute Gasteiger partial charge is 0.360 e. The van der Waals surface area contributed by atoms with E-state index in [4.69, 9.17) is 16.3 Å². The fourth-order valence-corrected chi connectivity index (χ4v) is 3.20. The lowest BCUT2D eigenvalue weighted by molar-refractivity contribution is 0.0518. The Balaban J connectivity index is 2.23. The average Bonchev–Trinajstić information content (AvgIpc) is 2.93. The Labute approximate surface area is 153 Å². The van der Waals surface area contributed by atoms with Crippen LogP contribution in [0.25, 0.3) is 16.9 Å². The van der Waals surface area contributed by atoms with Crippen LogP contribution in [0.3, 0.4) is 0 Å². The van der Waals surface area contributed by atoms with Gasteiger partial charge in [-0.15, -0.1) is 0 Å². The van der Waals surface area contributed by atoms with Gasteiger partial charge in [0.2, 0.25) is 0 Å². The maximum Gasteiger partial charge on any atom is 0.360 e. The monoisotopic (exact) mass is 404 g/mol. The molecule has 0 unspecified atom stereocenters. The van der Waals surface area contributed by atoms with E-state index in [9.17, 15) is 4.79 Å². The molecule has 0 atom stereocenters. The Morgan fingerprint density at radius 1 is 1.21 bits per heavy atom. The summed E-state index contributed by atoms with van der Waals surface area (Å²) in [7, 11) is 0. The molecular formula is C18H14BrClN2O2. The lowest BCUT2D eigenvalue weighted by atomic mass is 10.1. The third kappa shape index (κ3) is 3.23. The first kappa shape index (κ1) is 16.7. The summed E-state index contributed by atoms with van der Waals surface area (Å²) in [5.74, 6) is -0.470. The van der Waals surface area contributed by atoms with E-state index in [1.54, 1.807) is 17.7 Å². The topological polar surface area (TPSA) is 44.1 Å². The fourth-order valence-electron chi connectivity index (χ4n) is 2.37. The van der Waals surface area contributed by atoms with E-state index in [0.29, 0.717) is 9.50 Å². The molecule has 6 heteroatoms. The predicted molar refractivity (Wildman–Crippen MR) is 97.7 cm³/mol. The highest BCUT2D eigenvalue weighted by atomic mass is 79.9. The highest BCUT2D eigenvalue weighted by Crippen LogP contribution is 2.34. The Morgan fingerprint density at radius 2 is 1.96 bits per heavy atom. The van der Waals surface area contributed by atoms with Gasteiger partial charge in [0, 0.05) is 10.6 Å². The number of aromatic nitrogens is 2. The van der Waals surface area contributed by atoms with Crippen LogP contribution in [0.5, 0.6) is 0 Å². The zero-order chi connectivity index (χ0) is 17.1. The van der Waals surface area contributed by atoms with E-state index in [2.05, 4.69) is 21.0 Å². The minimum atomic E-state index is -0.470. The molecule has 0 saturated carbocycles. The number of benzene rings is 2. The molecule has 0 amide bonds. The number of rotatable bonds is 4. The van der Waals surface area contributed by atoms with Crippen molar-refractivity contribution < 1.29 is 9.53 Å². The van der Waals surface area contributed by atoms with Crippen LogP contribution in [0.4, 0.5) is 0 Å². The minimum absolute atomic E-state index is 0.232. The van der Waals surface area contributed by atoms with Crippen molar-refractivity contribution in [1.29, 1.82) is 0 Å². The van der Waals surface area contributed by atoms with E-state index in [-0.39, 0.29) is 12.3 Å². The number of hydrogen-bond acceptors (Lipinski definition) is 3. The first-order chi connectivity index (χ1) is 11.6. The number of carbonyl (C=O) groups excluding carboxylic acids is 1. The molecule has 0 spiro atoms. The maximum absolute atomic E-state index is 12.2. The molecule has 0 radical (unpaired) electrons. The van der Waals surface area contributed by atoms with Crippen molar-refractivity contribution in [2.24, 2.45) is 0 Å². The standard InChI is InChI=1S/C18H14BrClN2O2/c1-2-24-18(23)16-15(19)17(12-7-6-8-13(20)11-12)22(21-16)14-9-4-3-5-10-14/h3-11H,2H2,1H3. The second kappa shape index (κ2) is 7.20. The Bertz CT molecular complexity index is 878. The molecule has 1 aromatic heterocycles. The largest absolute Gasteiger partial charge is 0.461 e. The summed E-state index contributed by atoms with van der Waals surface area (Å²) in [5.41, 5.74) is 2.66. The zero-order valence-corrected chi connectivity index (χ0v) is 15.2. The molecule has 0 fully saturated rings. The molecule has 3 rings (SSSR count). The van der Waals surface area contributed by atoms with Gasteiger partial charge in [-0.1, -0.05) is 41.9 Å². The van der Waals surface area contributed by atoms with E-state index in [0.717, 1.165) is 16.9 Å². The lowest BCUT2D eigenvalue weighted by Gasteiger charge is -2.08. The number of para-hydroxylation sites is 1. The van der Waals surface area contributed by atoms with Gasteiger partial charge in [-0.25, -0.2) is 9.48 Å². The van der Waals surface area contributed by atoms with Crippen molar-refractivity contribution in [3.05, 3.63) is 69.8 Å². The molecule has 0 bridgehead atoms. The van der Waals surface area contributed by atoms with Crippen molar-refractivity contribution in [1.82, 2.24) is 9.78 Å². The van der Waals surface area contributed by atoms with Crippen LogP contribution < -0.4 is 0 Å². The summed E-state index contributed by atoms with van der Waals surface area (Å²) < 4.78 is 7.39. The summed E-state index contributed by atoms with van der Waals surface area (Å²) in [5, 5.41) is 5.07. The van der Waals surface area contributed by atoms with Crippen LogP contribution in [0.15, 0.2) is 59.1 Å². The first-order valence-electron chi connectivity index (χ1n) is 7.38. The number of nitrogens with zero attached hydrogens (tertiary/aromatic N) is 2. The third-order valence-electron chi connectivity index (χ3n) is 3.40. The third-order valence-corrected chi connectivity index (χ3v) is 4.38. The fraction of sp³-hybridized carbons (Fsp3) is 0.111. The van der Waals surface area contributed by atoms with Gasteiger partial charge in [0.1, 0.15) is 0 Å². The highest BCUT2D eigenvalue weighted by Gasteiger charge is 2.24. The maximum atomic E-state index is 12.2. The van der Waals surface area contributed by atoms with Gasteiger partial charge in [0.05, 0.1) is 22.5 Å². The average molecular weight is 406 g/mol. The Morgan fingerprint density at radius 3 is 2.62 bits per heavy atom. The number of halogens is 2. The molecular weight excluding hydrogens is 392 g/mol. The molecule has 0 aliphatic rings. The molecule has 4 nitrogen and oxygen atoms in total. The van der Waals surface area contributed by atoms with Gasteiger partial charge in [0.15, 0.2) is 5.69 Å². The minimum Gasteiger partial charge on any atom is -0.461 e. The summed E-state index contributed by atoms with van der Waals surface area (Å²) in [6.45, 7) is 2.05. The second-order valence-electron chi connectivity index (χ2n) is 4.99. The van der Waals surface area contributed by atoms with Crippen LogP contribution >= 0.6 is 27.5 Å². The van der Waals surface area contributed by atoms with Crippen molar-refractivity contribution in [3.63, 3.8) is 0 Å². The lowest BCUT2D eigenvalue weighted by Crippen LogP contribution is -2.07. The number of hydrogen-bond donors (Lipinski definition) is 0. The molecule has 1 heterocycles. The van der Waals surface area contributed by atoms with E-state index >= 15 is 0 Å². The number of ether oxygens (including phenoxy) is 1. The molecule has 24 heavy (non-hydrogen) atoms.